The van der Waals surface area contributed by atoms with E-state index in [1.807, 2.05) is 0 Å². The summed E-state index contributed by atoms with van der Waals surface area (Å²) in [6.45, 7) is 4.05. The number of hydrogen-bond acceptors (Lipinski definition) is 30. The number of azide groups is 1. The zero-order valence-electron chi connectivity index (χ0n) is 67.5. The molecule has 0 aliphatic rings. The van der Waals surface area contributed by atoms with Gasteiger partial charge >= 0.3 is 11.4 Å². The second-order valence-electron chi connectivity index (χ2n) is 25.4. The molecule has 0 spiro atoms. The van der Waals surface area contributed by atoms with Crippen molar-refractivity contribution in [1.82, 2.24) is 49.0 Å². The van der Waals surface area contributed by atoms with Crippen LogP contribution >= 0.6 is 11.6 Å². The van der Waals surface area contributed by atoms with Crippen LogP contribution in [0, 0.1) is 20.2 Å². The van der Waals surface area contributed by atoms with Crippen LogP contribution in [0.4, 0.5) is 16.2 Å². The Bertz CT molecular complexity index is 3440. The van der Waals surface area contributed by atoms with E-state index in [-0.39, 0.29) is 82.3 Å². The van der Waals surface area contributed by atoms with E-state index in [2.05, 4.69) is 14.8 Å². The van der Waals surface area contributed by atoms with Crippen LogP contribution in [-0.4, -0.2) is 410 Å². The van der Waals surface area contributed by atoms with E-state index in [4.69, 9.17) is 69.2 Å². The van der Waals surface area contributed by atoms with Crippen molar-refractivity contribution < 1.29 is 129 Å². The zero-order valence-corrected chi connectivity index (χ0v) is 68.3. The number of hydrogen-bond donors (Lipinski definition) is 0. The van der Waals surface area contributed by atoms with E-state index in [9.17, 15) is 82.6 Å². The predicted molar refractivity (Wildman–Crippen MR) is 424 cm³/mol. The third-order valence-electron chi connectivity index (χ3n) is 15.8. The van der Waals surface area contributed by atoms with Gasteiger partial charge in [0.15, 0.2) is 5.78 Å². The molecule has 2 aromatic carbocycles. The topological polar surface area (TPSA) is 500 Å². The first kappa shape index (κ1) is 110. The number of ketones is 1. The number of carbonyl (C=O) groups excluding carboxylic acids is 13. The summed E-state index contributed by atoms with van der Waals surface area (Å²) in [7, 11) is 13.4. The van der Waals surface area contributed by atoms with Gasteiger partial charge in [-0.15, -0.1) is 0 Å². The molecule has 44 nitrogen and oxygen atoms in total. The zero-order chi connectivity index (χ0) is 86.8. The summed E-state index contributed by atoms with van der Waals surface area (Å²) in [6.07, 6.45) is 0.403. The number of nitro groups is 2. The van der Waals surface area contributed by atoms with Crippen molar-refractivity contribution in [3.63, 3.8) is 0 Å². The first-order chi connectivity index (χ1) is 55.2. The van der Waals surface area contributed by atoms with Gasteiger partial charge in [-0.1, -0.05) is 20.0 Å². The molecule has 0 saturated heterocycles. The lowest BCUT2D eigenvalue weighted by Crippen LogP contribution is -2.49. The molecule has 2 aromatic rings. The van der Waals surface area contributed by atoms with Crippen LogP contribution in [-0.2, 0) is 105 Å². The first-order valence-corrected chi connectivity index (χ1v) is 36.8. The van der Waals surface area contributed by atoms with Gasteiger partial charge in [-0.3, -0.25) is 77.8 Å². The lowest BCUT2D eigenvalue weighted by atomic mass is 10.2. The number of Topliss-reactive ketones (excluding diaryl/α,β-unsaturated/α-hetero) is 1. The maximum atomic E-state index is 13.1. The van der Waals surface area contributed by atoms with Crippen molar-refractivity contribution in [2.45, 2.75) is 47.0 Å². The Kier molecular flexibility index (Phi) is 61.2. The minimum absolute atomic E-state index is 0. The van der Waals surface area contributed by atoms with Crippen LogP contribution in [0.5, 0.6) is 11.5 Å². The number of likely N-dealkylation sites (N-methyl/N-ethyl adjacent to an activating group) is 10. The van der Waals surface area contributed by atoms with Crippen molar-refractivity contribution >= 4 is 99.2 Å². The summed E-state index contributed by atoms with van der Waals surface area (Å²) in [4.78, 5) is 198. The molecule has 0 fully saturated rings. The van der Waals surface area contributed by atoms with Crippen molar-refractivity contribution in [3.8, 4) is 11.5 Å². The van der Waals surface area contributed by atoms with E-state index >= 15 is 0 Å². The lowest BCUT2D eigenvalue weighted by Gasteiger charge is -2.27. The molecule has 2 rings (SSSR count). The summed E-state index contributed by atoms with van der Waals surface area (Å²) < 4.78 is 64.1. The molecular weight excluding hydrogens is 1590 g/mol. The van der Waals surface area contributed by atoms with Gasteiger partial charge in [0.25, 0.3) is 11.4 Å². The third kappa shape index (κ3) is 53.2. The number of benzene rings is 2. The molecular formula is C73H118ClN15O29. The van der Waals surface area contributed by atoms with E-state index in [0.717, 1.165) is 44.1 Å². The molecule has 0 unspecified atom stereocenters. The molecule has 0 radical (unpaired) electrons. The van der Waals surface area contributed by atoms with Gasteiger partial charge in [0.2, 0.25) is 59.1 Å². The monoisotopic (exact) mass is 1700 g/mol. The Balaban J connectivity index is 0. The Morgan fingerprint density at radius 2 is 0.559 bits per heavy atom. The van der Waals surface area contributed by atoms with Crippen LogP contribution in [0.3, 0.4) is 0 Å². The Morgan fingerprint density at radius 1 is 0.331 bits per heavy atom. The summed E-state index contributed by atoms with van der Waals surface area (Å²) in [5, 5.41) is 24.4. The normalized spacial score (nSPS) is 10.5. The third-order valence-corrected chi connectivity index (χ3v) is 15.9. The molecule has 0 aliphatic carbocycles. The number of esters is 1. The molecule has 0 aromatic heterocycles. The van der Waals surface area contributed by atoms with Gasteiger partial charge in [-0.05, 0) is 42.6 Å². The smallest absolute Gasteiger partial charge is 0.409 e. The van der Waals surface area contributed by atoms with Crippen molar-refractivity contribution in [1.29, 1.82) is 0 Å². The maximum absolute atomic E-state index is 13.1. The van der Waals surface area contributed by atoms with E-state index in [0.29, 0.717) is 145 Å². The van der Waals surface area contributed by atoms with Gasteiger partial charge in [0.05, 0.1) is 201 Å². The first-order valence-electron chi connectivity index (χ1n) is 36.4. The molecule has 0 aliphatic heterocycles. The number of amides is 10. The molecule has 118 heavy (non-hydrogen) atoms. The van der Waals surface area contributed by atoms with Gasteiger partial charge in [0.1, 0.15) is 11.5 Å². The molecule has 0 bridgehead atoms. The molecule has 0 heterocycles. The average Bonchev–Trinajstić information content (AvgIpc) is 0.876. The quantitative estimate of drug-likeness (QED) is 0.0105. The Hall–Kier alpha value is -10.3. The second-order valence-corrected chi connectivity index (χ2v) is 25.7. The minimum atomic E-state index is -0.978. The molecule has 0 atom stereocenters. The summed E-state index contributed by atoms with van der Waals surface area (Å²) in [5.74, 6) is -6.68. The van der Waals surface area contributed by atoms with Crippen molar-refractivity contribution in [3.05, 3.63) is 79.2 Å². The van der Waals surface area contributed by atoms with Gasteiger partial charge in [-0.25, -0.2) is 4.79 Å². The van der Waals surface area contributed by atoms with E-state index in [1.165, 1.54) is 124 Å². The summed E-state index contributed by atoms with van der Waals surface area (Å²) >= 11 is 4.92. The number of rotatable bonds is 62. The second kappa shape index (κ2) is 65.7. The Morgan fingerprint density at radius 3 is 0.805 bits per heavy atom. The Labute approximate surface area is 692 Å². The van der Waals surface area contributed by atoms with Crippen molar-refractivity contribution in [2.75, 3.05) is 275 Å². The van der Waals surface area contributed by atoms with Crippen LogP contribution < -0.4 is 9.47 Å². The lowest BCUT2D eigenvalue weighted by molar-refractivity contribution is -0.385. The number of nitro benzene ring substituents is 2. The average molecular weight is 1710 g/mol. The number of ether oxygens (including phenoxy) is 12. The van der Waals surface area contributed by atoms with Crippen molar-refractivity contribution in [2.24, 2.45) is 5.11 Å². The number of non-ortho nitro benzene ring substituents is 2. The predicted octanol–water partition coefficient (Wildman–Crippen LogP) is 1.68. The number of halogens is 1. The van der Waals surface area contributed by atoms with Gasteiger partial charge < -0.3 is 106 Å². The molecule has 45 heteroatoms. The standard InChI is InChI=1S/C64H106N14O25.C7H4ClNO4.2CH4/c1-68(41-52(79)13-12-21-93-23-25-95-27-29-97-31-33-99-35-37-101-39-40-102-38-36-100-34-32-98-30-28-96-26-24-94-22-20-66-67-65)55(81)43-70(3)57(83)45-72(5)59(85)47-74(7)61(87)49-76(9)63(89)50-77(10)62(88)48-75(8)60(86)46-73(6)58(84)44-71(4)56(82)42-69(2)54(80)14-11-15-64(90)103-53-18-16-51(17-19-53)78(91)92;8-7(10)13-6-3-1-5(2-4-6)9(11)12;;/h16-19H,11-15,20-50H2,1-10H3;1-4H;2*1H4. The fourth-order valence-electron chi connectivity index (χ4n) is 8.86. The molecule has 666 valence electrons. The highest BCUT2D eigenvalue weighted by Crippen LogP contribution is 2.20. The largest absolute Gasteiger partial charge is 0.427 e. The van der Waals surface area contributed by atoms with Gasteiger partial charge in [0, 0.05) is 144 Å². The fourth-order valence-corrected chi connectivity index (χ4v) is 8.95. The van der Waals surface area contributed by atoms with E-state index in [1.54, 1.807) is 0 Å². The molecule has 0 N–H and O–H groups in total. The van der Waals surface area contributed by atoms with Crippen LogP contribution in [0.25, 0.3) is 10.4 Å². The van der Waals surface area contributed by atoms with Crippen LogP contribution in [0.1, 0.15) is 47.0 Å². The highest BCUT2D eigenvalue weighted by atomic mass is 35.5. The van der Waals surface area contributed by atoms with Crippen LogP contribution in [0.2, 0.25) is 0 Å². The number of carbonyl (C=O) groups is 13. The minimum Gasteiger partial charge on any atom is -0.427 e. The maximum Gasteiger partial charge on any atom is 0.409 e. The van der Waals surface area contributed by atoms with Gasteiger partial charge in [-0.2, -0.15) is 0 Å². The highest BCUT2D eigenvalue weighted by Gasteiger charge is 2.27. The van der Waals surface area contributed by atoms with Crippen LogP contribution in [0.15, 0.2) is 53.6 Å². The number of nitrogens with zero attached hydrogens (tertiary/aromatic N) is 15. The summed E-state index contributed by atoms with van der Waals surface area (Å²) in [5.41, 5.74) is 6.96. The summed E-state index contributed by atoms with van der Waals surface area (Å²) in [6, 6.07) is 9.90. The SMILES string of the molecule is C.C.CN(CC(=O)CCCOCCOCCOCCOCCOCCOCCOCCOCCOCCOCCN=[N+]=[N-])C(=O)CN(C)C(=O)CN(C)C(=O)CN(C)C(=O)CN(C)C(=O)CN(C)C(=O)CN(C)C(=O)CN(C)C(=O)CN(C)C(=O)CN(C)C(=O)CCCC(=O)Oc1ccc([N+](=O)[O-])cc1.O=C(Cl)Oc1ccc([N+](=O)[O-])cc1. The molecule has 10 amide bonds. The molecule has 0 saturated carbocycles. The fraction of sp³-hybridized carbons (Fsp3) is 0.658. The highest BCUT2D eigenvalue weighted by molar-refractivity contribution is 6.61. The van der Waals surface area contributed by atoms with E-state index < -0.39 is 133 Å².